The summed E-state index contributed by atoms with van der Waals surface area (Å²) in [6.45, 7) is 0. The number of nitro benzene ring substituents is 1. The third-order valence-electron chi connectivity index (χ3n) is 2.33. The molecule has 0 atom stereocenters. The van der Waals surface area contributed by atoms with Crippen LogP contribution in [0.4, 0.5) is 5.69 Å². The first-order chi connectivity index (χ1) is 9.33. The Morgan fingerprint density at radius 3 is 2.60 bits per heavy atom. The average molecular weight is 318 g/mol. The van der Waals surface area contributed by atoms with Crippen molar-refractivity contribution in [2.24, 2.45) is 7.05 Å². The Labute approximate surface area is 118 Å². The smallest absolute Gasteiger partial charge is 0.360 e. The molecule has 0 aliphatic carbocycles. The van der Waals surface area contributed by atoms with E-state index in [1.165, 1.54) is 36.1 Å². The molecule has 0 saturated heterocycles. The van der Waals surface area contributed by atoms with Gasteiger partial charge in [-0.25, -0.2) is 4.98 Å². The molecule has 0 saturated carbocycles. The van der Waals surface area contributed by atoms with E-state index in [0.29, 0.717) is 0 Å². The Morgan fingerprint density at radius 2 is 2.05 bits per heavy atom. The van der Waals surface area contributed by atoms with Crippen LogP contribution in [0.15, 0.2) is 35.6 Å². The molecular weight excluding hydrogens is 310 g/mol. The molecule has 20 heavy (non-hydrogen) atoms. The van der Waals surface area contributed by atoms with Gasteiger partial charge in [0.25, 0.3) is 0 Å². The second-order valence-electron chi connectivity index (χ2n) is 3.71. The summed E-state index contributed by atoms with van der Waals surface area (Å²) in [4.78, 5) is 13.7. The van der Waals surface area contributed by atoms with E-state index in [1.807, 2.05) is 0 Å². The summed E-state index contributed by atoms with van der Waals surface area (Å²) in [7, 11) is -2.85. The second-order valence-corrected chi connectivity index (χ2v) is 5.53. The number of nitro groups is 1. The molecule has 1 aromatic heterocycles. The molecule has 0 fully saturated rings. The van der Waals surface area contributed by atoms with Crippen molar-refractivity contribution >= 4 is 27.4 Å². The van der Waals surface area contributed by atoms with Crippen molar-refractivity contribution in [2.75, 3.05) is 0 Å². The highest BCUT2D eigenvalue weighted by atomic mass is 35.5. The summed E-state index contributed by atoms with van der Waals surface area (Å²) in [6.07, 6.45) is 1.19. The van der Waals surface area contributed by atoms with Gasteiger partial charge in [0.2, 0.25) is 10.8 Å². The normalized spacial score (nSPS) is 11.3. The Balaban J connectivity index is 2.44. The molecule has 10 heteroatoms. The SMILES string of the molecule is Cn1cnc(S(=O)(=O)Oc2ccccc2[N+](=O)[O-])c1Cl. The number of imidazole rings is 1. The summed E-state index contributed by atoms with van der Waals surface area (Å²) >= 11 is 5.77. The van der Waals surface area contributed by atoms with Gasteiger partial charge in [0.15, 0.2) is 5.15 Å². The van der Waals surface area contributed by atoms with Gasteiger partial charge in [0.1, 0.15) is 0 Å². The van der Waals surface area contributed by atoms with Crippen LogP contribution in [0.1, 0.15) is 0 Å². The predicted molar refractivity (Wildman–Crippen MR) is 69.1 cm³/mol. The zero-order chi connectivity index (χ0) is 14.9. The van der Waals surface area contributed by atoms with Crippen LogP contribution in [0.2, 0.25) is 5.15 Å². The summed E-state index contributed by atoms with van der Waals surface area (Å²) in [5.74, 6) is -0.404. The highest BCUT2D eigenvalue weighted by molar-refractivity contribution is 7.87. The van der Waals surface area contributed by atoms with Crippen LogP contribution in [-0.2, 0) is 17.2 Å². The largest absolute Gasteiger partial charge is 0.370 e. The number of halogens is 1. The maximum Gasteiger partial charge on any atom is 0.360 e. The number of hydrogen-bond donors (Lipinski definition) is 0. The van der Waals surface area contributed by atoms with Gasteiger partial charge >= 0.3 is 15.8 Å². The molecule has 2 rings (SSSR count). The fourth-order valence-electron chi connectivity index (χ4n) is 1.40. The summed E-state index contributed by atoms with van der Waals surface area (Å²) in [6, 6.07) is 5.11. The van der Waals surface area contributed by atoms with Crippen LogP contribution in [0.25, 0.3) is 0 Å². The van der Waals surface area contributed by atoms with Gasteiger partial charge in [-0.3, -0.25) is 10.1 Å². The van der Waals surface area contributed by atoms with Gasteiger partial charge in [0, 0.05) is 13.1 Å². The van der Waals surface area contributed by atoms with Crippen LogP contribution >= 0.6 is 11.6 Å². The highest BCUT2D eigenvalue weighted by Crippen LogP contribution is 2.30. The first kappa shape index (κ1) is 14.3. The summed E-state index contributed by atoms with van der Waals surface area (Å²) in [5, 5.41) is 10.2. The summed E-state index contributed by atoms with van der Waals surface area (Å²) in [5.41, 5.74) is -0.469. The van der Waals surface area contributed by atoms with Crippen molar-refractivity contribution in [3.63, 3.8) is 0 Å². The van der Waals surface area contributed by atoms with E-state index >= 15 is 0 Å². The molecule has 1 aromatic carbocycles. The first-order valence-electron chi connectivity index (χ1n) is 5.17. The maximum atomic E-state index is 12.0. The van der Waals surface area contributed by atoms with E-state index in [1.54, 1.807) is 0 Å². The number of rotatable bonds is 4. The van der Waals surface area contributed by atoms with E-state index in [0.717, 1.165) is 6.07 Å². The van der Waals surface area contributed by atoms with Gasteiger partial charge in [0.05, 0.1) is 11.3 Å². The standard InChI is InChI=1S/C10H8ClN3O5S/c1-13-6-12-10(9(13)11)20(17,18)19-8-5-3-2-4-7(8)14(15)16/h2-6H,1H3. The van der Waals surface area contributed by atoms with Crippen LogP contribution in [-0.4, -0.2) is 22.9 Å². The molecule has 0 radical (unpaired) electrons. The Kier molecular flexibility index (Phi) is 3.64. The lowest BCUT2D eigenvalue weighted by Crippen LogP contribution is -2.12. The zero-order valence-corrected chi connectivity index (χ0v) is 11.6. The van der Waals surface area contributed by atoms with E-state index in [9.17, 15) is 18.5 Å². The lowest BCUT2D eigenvalue weighted by molar-refractivity contribution is -0.385. The molecule has 0 spiro atoms. The van der Waals surface area contributed by atoms with Gasteiger partial charge in [-0.15, -0.1) is 0 Å². The van der Waals surface area contributed by atoms with Crippen molar-refractivity contribution in [3.05, 3.63) is 45.9 Å². The maximum absolute atomic E-state index is 12.0. The number of nitrogens with zero attached hydrogens (tertiary/aromatic N) is 3. The lowest BCUT2D eigenvalue weighted by Gasteiger charge is -2.05. The van der Waals surface area contributed by atoms with Crippen molar-refractivity contribution in [1.29, 1.82) is 0 Å². The van der Waals surface area contributed by atoms with Crippen LogP contribution in [0.3, 0.4) is 0 Å². The number of aryl methyl sites for hydroxylation is 1. The molecule has 0 aliphatic heterocycles. The minimum atomic E-state index is -4.35. The van der Waals surface area contributed by atoms with Crippen molar-refractivity contribution in [1.82, 2.24) is 9.55 Å². The fraction of sp³-hybridized carbons (Fsp3) is 0.100. The third-order valence-corrected chi connectivity index (χ3v) is 4.06. The monoisotopic (exact) mass is 317 g/mol. The Morgan fingerprint density at radius 1 is 1.40 bits per heavy atom. The van der Waals surface area contributed by atoms with E-state index in [2.05, 4.69) is 4.98 Å². The highest BCUT2D eigenvalue weighted by Gasteiger charge is 2.27. The molecular formula is C10H8ClN3O5S. The molecule has 0 amide bonds. The van der Waals surface area contributed by atoms with E-state index in [-0.39, 0.29) is 5.15 Å². The Bertz CT molecular complexity index is 771. The number of para-hydroxylation sites is 2. The van der Waals surface area contributed by atoms with Crippen molar-refractivity contribution in [2.45, 2.75) is 5.03 Å². The minimum absolute atomic E-state index is 0.149. The van der Waals surface area contributed by atoms with Crippen LogP contribution < -0.4 is 4.18 Å². The van der Waals surface area contributed by atoms with Crippen molar-refractivity contribution in [3.8, 4) is 5.75 Å². The van der Waals surface area contributed by atoms with Gasteiger partial charge in [-0.05, 0) is 6.07 Å². The number of aromatic nitrogens is 2. The van der Waals surface area contributed by atoms with E-state index in [4.69, 9.17) is 15.8 Å². The van der Waals surface area contributed by atoms with E-state index < -0.39 is 31.5 Å². The van der Waals surface area contributed by atoms with Gasteiger partial charge < -0.3 is 8.75 Å². The topological polar surface area (TPSA) is 104 Å². The van der Waals surface area contributed by atoms with Gasteiger partial charge in [-0.1, -0.05) is 23.7 Å². The van der Waals surface area contributed by atoms with Gasteiger partial charge in [-0.2, -0.15) is 8.42 Å². The predicted octanol–water partition coefficient (Wildman–Crippen LogP) is 1.75. The molecule has 0 unspecified atom stereocenters. The number of hydrogen-bond acceptors (Lipinski definition) is 6. The third kappa shape index (κ3) is 2.58. The first-order valence-corrected chi connectivity index (χ1v) is 6.96. The molecule has 106 valence electrons. The number of benzene rings is 1. The molecule has 2 aromatic rings. The average Bonchev–Trinajstić information content (AvgIpc) is 2.70. The lowest BCUT2D eigenvalue weighted by atomic mass is 10.3. The fourth-order valence-corrected chi connectivity index (χ4v) is 2.76. The molecule has 0 N–H and O–H groups in total. The molecule has 8 nitrogen and oxygen atoms in total. The second kappa shape index (κ2) is 5.10. The Hall–Kier alpha value is -2.13. The zero-order valence-electron chi connectivity index (χ0n) is 10.1. The van der Waals surface area contributed by atoms with Crippen LogP contribution in [0.5, 0.6) is 5.75 Å². The van der Waals surface area contributed by atoms with Crippen LogP contribution in [0, 0.1) is 10.1 Å². The molecule has 1 heterocycles. The van der Waals surface area contributed by atoms with Crippen molar-refractivity contribution < 1.29 is 17.5 Å². The molecule has 0 bridgehead atoms. The minimum Gasteiger partial charge on any atom is -0.370 e. The molecule has 0 aliphatic rings. The summed E-state index contributed by atoms with van der Waals surface area (Å²) < 4.78 is 30.0. The quantitative estimate of drug-likeness (QED) is 0.483.